The van der Waals surface area contributed by atoms with E-state index in [4.69, 9.17) is 4.99 Å². The van der Waals surface area contributed by atoms with E-state index in [1.54, 1.807) is 0 Å². The highest BCUT2D eigenvalue weighted by molar-refractivity contribution is 14.0. The summed E-state index contributed by atoms with van der Waals surface area (Å²) in [5, 5.41) is 7.19. The molecule has 2 fully saturated rings. The maximum Gasteiger partial charge on any atom is 0.191 e. The smallest absolute Gasteiger partial charge is 0.191 e. The fourth-order valence-corrected chi connectivity index (χ4v) is 4.52. The first-order valence-electron chi connectivity index (χ1n) is 11.7. The van der Waals surface area contributed by atoms with Gasteiger partial charge in [-0.3, -0.25) is 9.89 Å². The number of likely N-dealkylation sites (tertiary alicyclic amines) is 2. The number of piperidine rings is 1. The second kappa shape index (κ2) is 12.9. The van der Waals surface area contributed by atoms with Crippen LogP contribution in [0.15, 0.2) is 29.3 Å². The highest BCUT2D eigenvalue weighted by Gasteiger charge is 2.24. The van der Waals surface area contributed by atoms with Crippen molar-refractivity contribution in [2.45, 2.75) is 71.5 Å². The van der Waals surface area contributed by atoms with Crippen molar-refractivity contribution in [1.29, 1.82) is 0 Å². The first-order valence-corrected chi connectivity index (χ1v) is 11.7. The number of guanidine groups is 1. The summed E-state index contributed by atoms with van der Waals surface area (Å²) >= 11 is 0. The molecule has 1 aromatic rings. The van der Waals surface area contributed by atoms with E-state index in [-0.39, 0.29) is 24.0 Å². The molecular formula is C24H42IN5. The molecule has 2 aliphatic rings. The van der Waals surface area contributed by atoms with Gasteiger partial charge in [-0.15, -0.1) is 24.0 Å². The molecule has 2 aliphatic heterocycles. The van der Waals surface area contributed by atoms with E-state index in [9.17, 15) is 0 Å². The SMILES string of the molecule is CCNC(=NCC(c1ccc(C)cc1)N1CCCC1)NC1CCN(C(C)C)CC1.I. The molecule has 0 aliphatic carbocycles. The van der Waals surface area contributed by atoms with Gasteiger partial charge in [0.2, 0.25) is 0 Å². The van der Waals surface area contributed by atoms with Crippen molar-refractivity contribution in [3.8, 4) is 0 Å². The fourth-order valence-electron chi connectivity index (χ4n) is 4.52. The molecule has 30 heavy (non-hydrogen) atoms. The van der Waals surface area contributed by atoms with Crippen LogP contribution in [0.2, 0.25) is 0 Å². The van der Waals surface area contributed by atoms with E-state index in [2.05, 4.69) is 72.4 Å². The fraction of sp³-hybridized carbons (Fsp3) is 0.708. The Hall–Kier alpha value is -0.860. The van der Waals surface area contributed by atoms with Crippen molar-refractivity contribution >= 4 is 29.9 Å². The highest BCUT2D eigenvalue weighted by Crippen LogP contribution is 2.26. The Bertz CT molecular complexity index is 632. The van der Waals surface area contributed by atoms with Gasteiger partial charge < -0.3 is 15.5 Å². The molecule has 0 spiro atoms. The van der Waals surface area contributed by atoms with Crippen LogP contribution in [0.4, 0.5) is 0 Å². The zero-order valence-corrected chi connectivity index (χ0v) is 21.7. The van der Waals surface area contributed by atoms with Gasteiger partial charge in [-0.25, -0.2) is 0 Å². The lowest BCUT2D eigenvalue weighted by atomic mass is 10.0. The molecule has 1 unspecified atom stereocenters. The molecule has 1 atom stereocenters. The maximum atomic E-state index is 5.04. The molecule has 0 radical (unpaired) electrons. The Kier molecular flexibility index (Phi) is 10.9. The van der Waals surface area contributed by atoms with Crippen molar-refractivity contribution in [3.05, 3.63) is 35.4 Å². The number of hydrogen-bond acceptors (Lipinski definition) is 3. The number of benzene rings is 1. The number of hydrogen-bond donors (Lipinski definition) is 2. The van der Waals surface area contributed by atoms with E-state index >= 15 is 0 Å². The minimum absolute atomic E-state index is 0. The third-order valence-electron chi connectivity index (χ3n) is 6.41. The molecule has 0 aromatic heterocycles. The molecule has 6 heteroatoms. The van der Waals surface area contributed by atoms with Crippen LogP contribution in [0.1, 0.15) is 63.6 Å². The summed E-state index contributed by atoms with van der Waals surface area (Å²) in [6, 6.07) is 10.6. The van der Waals surface area contributed by atoms with Crippen LogP contribution in [0.5, 0.6) is 0 Å². The summed E-state index contributed by atoms with van der Waals surface area (Å²) in [7, 11) is 0. The molecule has 3 rings (SSSR count). The van der Waals surface area contributed by atoms with Crippen molar-refractivity contribution in [2.24, 2.45) is 4.99 Å². The van der Waals surface area contributed by atoms with Gasteiger partial charge in [-0.2, -0.15) is 0 Å². The van der Waals surface area contributed by atoms with Gasteiger partial charge in [-0.05, 0) is 72.0 Å². The monoisotopic (exact) mass is 527 g/mol. The van der Waals surface area contributed by atoms with E-state index < -0.39 is 0 Å². The van der Waals surface area contributed by atoms with E-state index in [0.29, 0.717) is 18.1 Å². The predicted octanol–water partition coefficient (Wildman–Crippen LogP) is 4.18. The summed E-state index contributed by atoms with van der Waals surface area (Å²) < 4.78 is 0. The lowest BCUT2D eigenvalue weighted by Gasteiger charge is -2.35. The number of rotatable bonds is 7. The summed E-state index contributed by atoms with van der Waals surface area (Å²) in [5.74, 6) is 0.979. The van der Waals surface area contributed by atoms with Crippen LogP contribution in [0.25, 0.3) is 0 Å². The summed E-state index contributed by atoms with van der Waals surface area (Å²) in [6.45, 7) is 15.3. The normalized spacial score (nSPS) is 20.2. The first-order chi connectivity index (χ1) is 14.1. The Morgan fingerprint density at radius 3 is 2.23 bits per heavy atom. The summed E-state index contributed by atoms with van der Waals surface area (Å²) in [6.07, 6.45) is 4.99. The summed E-state index contributed by atoms with van der Waals surface area (Å²) in [4.78, 5) is 10.2. The Morgan fingerprint density at radius 2 is 1.67 bits per heavy atom. The minimum atomic E-state index is 0. The topological polar surface area (TPSA) is 42.9 Å². The predicted molar refractivity (Wildman–Crippen MR) is 139 cm³/mol. The van der Waals surface area contributed by atoms with Gasteiger partial charge in [0.05, 0.1) is 12.6 Å². The highest BCUT2D eigenvalue weighted by atomic mass is 127. The van der Waals surface area contributed by atoms with E-state index in [1.807, 2.05) is 0 Å². The molecule has 2 saturated heterocycles. The average molecular weight is 528 g/mol. The van der Waals surface area contributed by atoms with Crippen molar-refractivity contribution < 1.29 is 0 Å². The first kappa shape index (κ1) is 25.4. The lowest BCUT2D eigenvalue weighted by Crippen LogP contribution is -2.50. The molecule has 0 amide bonds. The van der Waals surface area contributed by atoms with Crippen LogP contribution in [-0.2, 0) is 0 Å². The molecule has 170 valence electrons. The zero-order chi connectivity index (χ0) is 20.6. The standard InChI is InChI=1S/C24H41N5.HI/c1-5-25-24(27-22-12-16-28(17-13-22)19(2)3)26-18-23(29-14-6-7-15-29)21-10-8-20(4)9-11-21;/h8-11,19,22-23H,5-7,12-18H2,1-4H3,(H2,25,26,27);1H. The van der Waals surface area contributed by atoms with Gasteiger partial charge in [0.1, 0.15) is 0 Å². The molecule has 2 N–H and O–H groups in total. The number of nitrogens with one attached hydrogen (secondary N) is 2. The number of aryl methyl sites for hydroxylation is 1. The zero-order valence-electron chi connectivity index (χ0n) is 19.4. The Morgan fingerprint density at radius 1 is 1.03 bits per heavy atom. The van der Waals surface area contributed by atoms with Crippen LogP contribution >= 0.6 is 24.0 Å². The maximum absolute atomic E-state index is 5.04. The number of halogens is 1. The molecular weight excluding hydrogens is 485 g/mol. The third kappa shape index (κ3) is 7.38. The molecule has 2 heterocycles. The third-order valence-corrected chi connectivity index (χ3v) is 6.41. The van der Waals surface area contributed by atoms with E-state index in [0.717, 1.165) is 19.0 Å². The van der Waals surface area contributed by atoms with E-state index in [1.165, 1.54) is 63.0 Å². The van der Waals surface area contributed by atoms with Crippen LogP contribution in [-0.4, -0.2) is 67.1 Å². The van der Waals surface area contributed by atoms with Crippen LogP contribution < -0.4 is 10.6 Å². The Balaban J connectivity index is 0.00000320. The van der Waals surface area contributed by atoms with Crippen molar-refractivity contribution in [2.75, 3.05) is 39.3 Å². The molecule has 5 nitrogen and oxygen atoms in total. The molecule has 0 saturated carbocycles. The second-order valence-corrected chi connectivity index (χ2v) is 8.94. The average Bonchev–Trinajstić information content (AvgIpc) is 3.24. The van der Waals surface area contributed by atoms with Gasteiger partial charge >= 0.3 is 0 Å². The van der Waals surface area contributed by atoms with Crippen LogP contribution in [0, 0.1) is 6.92 Å². The molecule has 0 bridgehead atoms. The van der Waals surface area contributed by atoms with Crippen molar-refractivity contribution in [1.82, 2.24) is 20.4 Å². The van der Waals surface area contributed by atoms with Crippen molar-refractivity contribution in [3.63, 3.8) is 0 Å². The number of nitrogens with zero attached hydrogens (tertiary/aromatic N) is 3. The largest absolute Gasteiger partial charge is 0.357 e. The minimum Gasteiger partial charge on any atom is -0.357 e. The van der Waals surface area contributed by atoms with Gasteiger partial charge in [0, 0.05) is 31.7 Å². The quantitative estimate of drug-likeness (QED) is 0.317. The summed E-state index contributed by atoms with van der Waals surface area (Å²) in [5.41, 5.74) is 2.71. The van der Waals surface area contributed by atoms with Gasteiger partial charge in [0.15, 0.2) is 5.96 Å². The van der Waals surface area contributed by atoms with Gasteiger partial charge in [-0.1, -0.05) is 29.8 Å². The van der Waals surface area contributed by atoms with Gasteiger partial charge in [0.25, 0.3) is 0 Å². The molecule has 1 aromatic carbocycles. The second-order valence-electron chi connectivity index (χ2n) is 8.94. The Labute approximate surface area is 201 Å². The lowest BCUT2D eigenvalue weighted by molar-refractivity contribution is 0.167. The van der Waals surface area contributed by atoms with Crippen LogP contribution in [0.3, 0.4) is 0 Å². The number of aliphatic imine (C=N–C) groups is 1.